The lowest BCUT2D eigenvalue weighted by Gasteiger charge is -2.35. The first-order valence-corrected chi connectivity index (χ1v) is 13.3. The number of para-hydroxylation sites is 1. The van der Waals surface area contributed by atoms with Crippen LogP contribution in [0.4, 0.5) is 5.69 Å². The summed E-state index contributed by atoms with van der Waals surface area (Å²) in [7, 11) is 3.36. The zero-order valence-electron chi connectivity index (χ0n) is 22.6. The molecule has 1 fully saturated rings. The summed E-state index contributed by atoms with van der Waals surface area (Å²) in [4.78, 5) is 19.7. The molecule has 4 aromatic rings. The summed E-state index contributed by atoms with van der Waals surface area (Å²) in [5.74, 6) is 2.79. The highest BCUT2D eigenvalue weighted by molar-refractivity contribution is 5.91. The molecule has 7 nitrogen and oxygen atoms in total. The van der Waals surface area contributed by atoms with Crippen LogP contribution >= 0.6 is 0 Å². The molecule has 0 unspecified atom stereocenters. The summed E-state index contributed by atoms with van der Waals surface area (Å²) >= 11 is 0. The molecule has 7 heteroatoms. The zero-order valence-corrected chi connectivity index (χ0v) is 22.6. The van der Waals surface area contributed by atoms with Gasteiger partial charge >= 0.3 is 0 Å². The van der Waals surface area contributed by atoms with Gasteiger partial charge in [0, 0.05) is 50.5 Å². The van der Waals surface area contributed by atoms with Crippen LogP contribution < -0.4 is 14.4 Å². The number of rotatable bonds is 10. The van der Waals surface area contributed by atoms with E-state index >= 15 is 0 Å². The summed E-state index contributed by atoms with van der Waals surface area (Å²) in [5, 5.41) is 0. The predicted octanol–water partition coefficient (Wildman–Crippen LogP) is 5.46. The normalized spacial score (nSPS) is 13.5. The molecule has 1 aromatic heterocycles. The monoisotopic (exact) mass is 525 g/mol. The molecule has 0 aliphatic carbocycles. The highest BCUT2D eigenvalue weighted by Gasteiger charge is 2.25. The molecule has 3 aromatic carbocycles. The maximum Gasteiger partial charge on any atom is 0.289 e. The van der Waals surface area contributed by atoms with Crippen molar-refractivity contribution < 1.29 is 18.7 Å². The standard InChI is InChI=1S/C32H35N3O4/c1-37-28-14-12-27(13-15-28)34-18-20-35(21-19-34)32(36)31-17-16-29(39-31)24-33(22-25-8-4-3-5-9-25)23-26-10-6-7-11-30(26)38-2/h3-17H,18-24H2,1-2H3. The Morgan fingerprint density at radius 1 is 0.769 bits per heavy atom. The average Bonchev–Trinajstić information content (AvgIpc) is 3.46. The van der Waals surface area contributed by atoms with E-state index in [0.29, 0.717) is 31.9 Å². The minimum absolute atomic E-state index is 0.0602. The number of hydrogen-bond acceptors (Lipinski definition) is 6. The van der Waals surface area contributed by atoms with E-state index in [0.717, 1.165) is 48.1 Å². The molecule has 0 bridgehead atoms. The molecule has 1 aliphatic heterocycles. The van der Waals surface area contributed by atoms with Gasteiger partial charge < -0.3 is 23.7 Å². The van der Waals surface area contributed by atoms with Crippen molar-refractivity contribution in [3.63, 3.8) is 0 Å². The number of ether oxygens (including phenoxy) is 2. The van der Waals surface area contributed by atoms with Gasteiger partial charge in [0.1, 0.15) is 17.3 Å². The minimum atomic E-state index is -0.0602. The van der Waals surface area contributed by atoms with Gasteiger partial charge in [0.05, 0.1) is 20.8 Å². The number of carbonyl (C=O) groups excluding carboxylic acids is 1. The molecular weight excluding hydrogens is 490 g/mol. The molecule has 0 N–H and O–H groups in total. The topological polar surface area (TPSA) is 58.4 Å². The Balaban J connectivity index is 1.23. The van der Waals surface area contributed by atoms with Gasteiger partial charge in [-0.2, -0.15) is 0 Å². The Labute approximate surface area is 230 Å². The summed E-state index contributed by atoms with van der Waals surface area (Å²) in [6, 6.07) is 30.2. The van der Waals surface area contributed by atoms with E-state index in [1.807, 2.05) is 47.4 Å². The van der Waals surface area contributed by atoms with E-state index in [-0.39, 0.29) is 5.91 Å². The van der Waals surface area contributed by atoms with Gasteiger partial charge in [-0.05, 0) is 48.0 Å². The van der Waals surface area contributed by atoms with Gasteiger partial charge in [0.2, 0.25) is 0 Å². The quantitative estimate of drug-likeness (QED) is 0.274. The van der Waals surface area contributed by atoms with E-state index in [1.165, 1.54) is 5.56 Å². The first kappa shape index (κ1) is 26.4. The van der Waals surface area contributed by atoms with Crippen molar-refractivity contribution in [2.75, 3.05) is 45.3 Å². The highest BCUT2D eigenvalue weighted by Crippen LogP contribution is 2.24. The Hall–Kier alpha value is -4.23. The van der Waals surface area contributed by atoms with Crippen LogP contribution in [-0.2, 0) is 19.6 Å². The van der Waals surface area contributed by atoms with Crippen molar-refractivity contribution in [1.82, 2.24) is 9.80 Å². The fraction of sp³-hybridized carbons (Fsp3) is 0.281. The molecule has 0 radical (unpaired) electrons. The van der Waals surface area contributed by atoms with Gasteiger partial charge in [-0.3, -0.25) is 9.69 Å². The van der Waals surface area contributed by atoms with E-state index in [2.05, 4.69) is 52.3 Å². The van der Waals surface area contributed by atoms with E-state index in [4.69, 9.17) is 13.9 Å². The first-order valence-electron chi connectivity index (χ1n) is 13.3. The lowest BCUT2D eigenvalue weighted by Crippen LogP contribution is -2.48. The van der Waals surface area contributed by atoms with E-state index in [9.17, 15) is 4.79 Å². The molecule has 1 saturated heterocycles. The Kier molecular flexibility index (Phi) is 8.48. The van der Waals surface area contributed by atoms with Crippen molar-refractivity contribution in [2.45, 2.75) is 19.6 Å². The molecule has 39 heavy (non-hydrogen) atoms. The second-order valence-corrected chi connectivity index (χ2v) is 9.69. The molecule has 1 aliphatic rings. The third-order valence-electron chi connectivity index (χ3n) is 7.09. The summed E-state index contributed by atoms with van der Waals surface area (Å²) in [6.07, 6.45) is 0. The van der Waals surface area contributed by atoms with Crippen LogP contribution in [0.1, 0.15) is 27.4 Å². The number of nitrogens with zero attached hydrogens (tertiary/aromatic N) is 3. The molecular formula is C32H35N3O4. The first-order chi connectivity index (χ1) is 19.1. The maximum absolute atomic E-state index is 13.3. The van der Waals surface area contributed by atoms with E-state index < -0.39 is 0 Å². The highest BCUT2D eigenvalue weighted by atomic mass is 16.5. The fourth-order valence-electron chi connectivity index (χ4n) is 5.00. The molecule has 1 amide bonds. The number of benzene rings is 3. The van der Waals surface area contributed by atoms with Crippen molar-refractivity contribution in [1.29, 1.82) is 0 Å². The van der Waals surface area contributed by atoms with Crippen LogP contribution in [0, 0.1) is 0 Å². The van der Waals surface area contributed by atoms with Gasteiger partial charge in [0.15, 0.2) is 5.76 Å². The summed E-state index contributed by atoms with van der Waals surface area (Å²) < 4.78 is 17.0. The van der Waals surface area contributed by atoms with Gasteiger partial charge in [-0.25, -0.2) is 0 Å². The number of anilines is 1. The smallest absolute Gasteiger partial charge is 0.289 e. The molecule has 5 rings (SSSR count). The lowest BCUT2D eigenvalue weighted by molar-refractivity contribution is 0.0710. The second kappa shape index (κ2) is 12.5. The SMILES string of the molecule is COc1ccc(N2CCN(C(=O)c3ccc(CN(Cc4ccccc4)Cc4ccccc4OC)o3)CC2)cc1. The minimum Gasteiger partial charge on any atom is -0.497 e. The number of methoxy groups -OCH3 is 2. The van der Waals surface area contributed by atoms with Crippen LogP contribution in [-0.4, -0.2) is 56.1 Å². The second-order valence-electron chi connectivity index (χ2n) is 9.69. The summed E-state index contributed by atoms with van der Waals surface area (Å²) in [6.45, 7) is 4.85. The van der Waals surface area contributed by atoms with Crippen molar-refractivity contribution in [2.24, 2.45) is 0 Å². The molecule has 202 valence electrons. The fourth-order valence-corrected chi connectivity index (χ4v) is 5.00. The van der Waals surface area contributed by atoms with Crippen LogP contribution in [0.15, 0.2) is 95.4 Å². The van der Waals surface area contributed by atoms with Gasteiger partial charge in [0.25, 0.3) is 5.91 Å². The zero-order chi connectivity index (χ0) is 27.0. The third-order valence-corrected chi connectivity index (χ3v) is 7.09. The predicted molar refractivity (Wildman–Crippen MR) is 152 cm³/mol. The van der Waals surface area contributed by atoms with Crippen molar-refractivity contribution in [3.05, 3.63) is 114 Å². The van der Waals surface area contributed by atoms with E-state index in [1.54, 1.807) is 20.3 Å². The molecule has 2 heterocycles. The Bertz CT molecular complexity index is 1350. The molecule has 0 saturated carbocycles. The number of amides is 1. The van der Waals surface area contributed by atoms with Crippen LogP contribution in [0.25, 0.3) is 0 Å². The molecule has 0 atom stereocenters. The lowest BCUT2D eigenvalue weighted by atomic mass is 10.1. The van der Waals surface area contributed by atoms with Crippen molar-refractivity contribution >= 4 is 11.6 Å². The maximum atomic E-state index is 13.3. The summed E-state index contributed by atoms with van der Waals surface area (Å²) in [5.41, 5.74) is 3.45. The number of piperazine rings is 1. The Morgan fingerprint density at radius 2 is 1.49 bits per heavy atom. The number of furan rings is 1. The number of hydrogen-bond donors (Lipinski definition) is 0. The number of carbonyl (C=O) groups is 1. The average molecular weight is 526 g/mol. The van der Waals surface area contributed by atoms with Gasteiger partial charge in [-0.15, -0.1) is 0 Å². The third kappa shape index (κ3) is 6.62. The van der Waals surface area contributed by atoms with Crippen LogP contribution in [0.2, 0.25) is 0 Å². The van der Waals surface area contributed by atoms with Crippen molar-refractivity contribution in [3.8, 4) is 11.5 Å². The largest absolute Gasteiger partial charge is 0.497 e. The van der Waals surface area contributed by atoms with Crippen LogP contribution in [0.3, 0.4) is 0 Å². The van der Waals surface area contributed by atoms with Crippen LogP contribution in [0.5, 0.6) is 11.5 Å². The molecule has 0 spiro atoms. The Morgan fingerprint density at radius 3 is 2.21 bits per heavy atom. The van der Waals surface area contributed by atoms with Gasteiger partial charge in [-0.1, -0.05) is 48.5 Å².